The van der Waals surface area contributed by atoms with Gasteiger partial charge in [0.15, 0.2) is 0 Å². The van der Waals surface area contributed by atoms with E-state index in [2.05, 4.69) is 21.2 Å². The molecule has 1 aromatic rings. The summed E-state index contributed by atoms with van der Waals surface area (Å²) in [6.45, 7) is 5.15. The first-order valence-electron chi connectivity index (χ1n) is 4.87. The molecule has 17 heavy (non-hydrogen) atoms. The third-order valence-corrected chi connectivity index (χ3v) is 2.28. The van der Waals surface area contributed by atoms with Crippen molar-refractivity contribution in [2.24, 2.45) is 0 Å². The predicted octanol–water partition coefficient (Wildman–Crippen LogP) is 3.64. The van der Waals surface area contributed by atoms with Crippen LogP contribution in [0.5, 0.6) is 5.75 Å². The second-order valence-electron chi connectivity index (χ2n) is 4.41. The molecular weight excluding hydrogens is 293 g/mol. The Hall–Kier alpha value is -1.30. The number of hydrogen-bond donors (Lipinski definition) is 2. The maximum absolute atomic E-state index is 13.0. The van der Waals surface area contributed by atoms with Crippen LogP contribution in [-0.2, 0) is 4.74 Å². The molecule has 0 aliphatic rings. The van der Waals surface area contributed by atoms with Gasteiger partial charge in [-0.3, -0.25) is 5.32 Å². The van der Waals surface area contributed by atoms with Crippen LogP contribution >= 0.6 is 15.9 Å². The zero-order valence-corrected chi connectivity index (χ0v) is 11.3. The first kappa shape index (κ1) is 13.8. The number of carbonyl (C=O) groups is 1. The summed E-state index contributed by atoms with van der Waals surface area (Å²) < 4.78 is 18.2. The van der Waals surface area contributed by atoms with Crippen LogP contribution < -0.4 is 5.32 Å². The molecule has 6 heteroatoms. The Morgan fingerprint density at radius 3 is 2.59 bits per heavy atom. The molecule has 0 saturated carbocycles. The maximum Gasteiger partial charge on any atom is 0.412 e. The van der Waals surface area contributed by atoms with Gasteiger partial charge in [0.2, 0.25) is 0 Å². The maximum atomic E-state index is 13.0. The van der Waals surface area contributed by atoms with Gasteiger partial charge in [0, 0.05) is 6.07 Å². The number of aromatic hydroxyl groups is 1. The fourth-order valence-corrected chi connectivity index (χ4v) is 1.39. The molecule has 0 radical (unpaired) electrons. The van der Waals surface area contributed by atoms with E-state index >= 15 is 0 Å². The van der Waals surface area contributed by atoms with Gasteiger partial charge < -0.3 is 9.84 Å². The van der Waals surface area contributed by atoms with Gasteiger partial charge >= 0.3 is 6.09 Å². The van der Waals surface area contributed by atoms with Crippen LogP contribution in [0.15, 0.2) is 16.6 Å². The molecule has 1 aromatic carbocycles. The molecule has 0 heterocycles. The summed E-state index contributed by atoms with van der Waals surface area (Å²) in [5.74, 6) is -0.978. The summed E-state index contributed by atoms with van der Waals surface area (Å²) in [5.41, 5.74) is -0.565. The van der Waals surface area contributed by atoms with Gasteiger partial charge in [0.05, 0.1) is 10.2 Å². The van der Waals surface area contributed by atoms with Crippen molar-refractivity contribution in [3.63, 3.8) is 0 Å². The Morgan fingerprint density at radius 1 is 1.47 bits per heavy atom. The van der Waals surface area contributed by atoms with E-state index in [0.29, 0.717) is 0 Å². The third kappa shape index (κ3) is 4.22. The zero-order valence-electron chi connectivity index (χ0n) is 9.67. The number of benzene rings is 1. The highest BCUT2D eigenvalue weighted by molar-refractivity contribution is 9.10. The zero-order chi connectivity index (χ0) is 13.2. The van der Waals surface area contributed by atoms with Crippen molar-refractivity contribution in [2.45, 2.75) is 26.4 Å². The molecule has 0 aromatic heterocycles. The van der Waals surface area contributed by atoms with Gasteiger partial charge in [-0.15, -0.1) is 0 Å². The summed E-state index contributed by atoms with van der Waals surface area (Å²) >= 11 is 2.95. The Bertz CT molecular complexity index is 443. The summed E-state index contributed by atoms with van der Waals surface area (Å²) in [4.78, 5) is 11.4. The first-order valence-corrected chi connectivity index (χ1v) is 5.66. The van der Waals surface area contributed by atoms with Gasteiger partial charge in [0.25, 0.3) is 0 Å². The van der Waals surface area contributed by atoms with Gasteiger partial charge in [-0.2, -0.15) is 0 Å². The van der Waals surface area contributed by atoms with E-state index in [1.165, 1.54) is 6.07 Å². The SMILES string of the molecule is CC(C)(C)OC(=O)Nc1cc(Br)c(F)cc1O. The molecule has 0 bridgehead atoms. The van der Waals surface area contributed by atoms with Crippen LogP contribution in [0, 0.1) is 5.82 Å². The molecule has 94 valence electrons. The molecule has 0 aliphatic heterocycles. The predicted molar refractivity (Wildman–Crippen MR) is 65.6 cm³/mol. The molecule has 0 spiro atoms. The Labute approximate surface area is 107 Å². The van der Waals surface area contributed by atoms with Crippen LogP contribution in [0.25, 0.3) is 0 Å². The lowest BCUT2D eigenvalue weighted by molar-refractivity contribution is 0.0635. The topological polar surface area (TPSA) is 58.6 Å². The second-order valence-corrected chi connectivity index (χ2v) is 5.26. The average molecular weight is 306 g/mol. The van der Waals surface area contributed by atoms with Crippen LogP contribution in [0.4, 0.5) is 14.9 Å². The van der Waals surface area contributed by atoms with Gasteiger partial charge in [-0.25, -0.2) is 9.18 Å². The fraction of sp³-hybridized carbons (Fsp3) is 0.364. The van der Waals surface area contributed by atoms with Crippen molar-refractivity contribution in [1.29, 1.82) is 0 Å². The van der Waals surface area contributed by atoms with E-state index in [1.807, 2.05) is 0 Å². The lowest BCUT2D eigenvalue weighted by Crippen LogP contribution is -2.27. The number of hydrogen-bond acceptors (Lipinski definition) is 3. The van der Waals surface area contributed by atoms with E-state index in [0.717, 1.165) is 6.07 Å². The number of nitrogens with one attached hydrogen (secondary N) is 1. The van der Waals surface area contributed by atoms with Crippen LogP contribution in [0.2, 0.25) is 0 Å². The monoisotopic (exact) mass is 305 g/mol. The molecule has 0 fully saturated rings. The van der Waals surface area contributed by atoms with Gasteiger partial charge in [-0.1, -0.05) is 0 Å². The Morgan fingerprint density at radius 2 is 2.06 bits per heavy atom. The molecule has 0 unspecified atom stereocenters. The number of phenols is 1. The lowest BCUT2D eigenvalue weighted by atomic mass is 10.2. The van der Waals surface area contributed by atoms with Crippen molar-refractivity contribution >= 4 is 27.7 Å². The number of phenolic OH excluding ortho intramolecular Hbond substituents is 1. The van der Waals surface area contributed by atoms with Crippen LogP contribution in [-0.4, -0.2) is 16.8 Å². The van der Waals surface area contributed by atoms with Crippen molar-refractivity contribution in [2.75, 3.05) is 5.32 Å². The normalized spacial score (nSPS) is 11.1. The molecule has 2 N–H and O–H groups in total. The molecule has 1 amide bonds. The highest BCUT2D eigenvalue weighted by atomic mass is 79.9. The molecule has 1 rings (SSSR count). The minimum atomic E-state index is -0.716. The van der Waals surface area contributed by atoms with Crippen molar-refractivity contribution in [3.05, 3.63) is 22.4 Å². The number of amides is 1. The molecule has 0 saturated heterocycles. The van der Waals surface area contributed by atoms with E-state index in [-0.39, 0.29) is 15.9 Å². The summed E-state index contributed by atoms with van der Waals surface area (Å²) in [6.07, 6.45) is -0.716. The third-order valence-electron chi connectivity index (χ3n) is 1.67. The minimum absolute atomic E-state index is 0.0764. The Balaban J connectivity index is 2.82. The fourth-order valence-electron chi connectivity index (χ4n) is 1.05. The summed E-state index contributed by atoms with van der Waals surface area (Å²) in [6, 6.07) is 2.16. The number of carbonyl (C=O) groups excluding carboxylic acids is 1. The first-order chi connectivity index (χ1) is 7.69. The number of rotatable bonds is 1. The quantitative estimate of drug-likeness (QED) is 0.779. The lowest BCUT2D eigenvalue weighted by Gasteiger charge is -2.20. The minimum Gasteiger partial charge on any atom is -0.506 e. The van der Waals surface area contributed by atoms with Gasteiger partial charge in [0.1, 0.15) is 17.2 Å². The number of ether oxygens (including phenoxy) is 1. The van der Waals surface area contributed by atoms with E-state index < -0.39 is 17.5 Å². The van der Waals surface area contributed by atoms with E-state index in [1.54, 1.807) is 20.8 Å². The number of anilines is 1. The second kappa shape index (κ2) is 4.91. The largest absolute Gasteiger partial charge is 0.506 e. The molecule has 0 atom stereocenters. The molecule has 4 nitrogen and oxygen atoms in total. The van der Waals surface area contributed by atoms with E-state index in [9.17, 15) is 14.3 Å². The summed E-state index contributed by atoms with van der Waals surface area (Å²) in [7, 11) is 0. The van der Waals surface area contributed by atoms with Crippen molar-refractivity contribution in [1.82, 2.24) is 0 Å². The Kier molecular flexibility index (Phi) is 3.98. The van der Waals surface area contributed by atoms with Crippen molar-refractivity contribution < 1.29 is 19.0 Å². The standard InChI is InChI=1S/C11H13BrFNO3/c1-11(2,3)17-10(16)14-8-4-6(12)7(13)5-9(8)15/h4-5,15H,1-3H3,(H,14,16). The van der Waals surface area contributed by atoms with Crippen molar-refractivity contribution in [3.8, 4) is 5.75 Å². The van der Waals surface area contributed by atoms with Crippen LogP contribution in [0.1, 0.15) is 20.8 Å². The molecule has 0 aliphatic carbocycles. The smallest absolute Gasteiger partial charge is 0.412 e. The van der Waals surface area contributed by atoms with Crippen LogP contribution in [0.3, 0.4) is 0 Å². The highest BCUT2D eigenvalue weighted by Crippen LogP contribution is 2.29. The highest BCUT2D eigenvalue weighted by Gasteiger charge is 2.18. The molecular formula is C11H13BrFNO3. The van der Waals surface area contributed by atoms with Gasteiger partial charge in [-0.05, 0) is 42.8 Å². The number of halogens is 2. The van der Waals surface area contributed by atoms with E-state index in [4.69, 9.17) is 4.74 Å². The average Bonchev–Trinajstić information content (AvgIpc) is 2.11. The summed E-state index contributed by atoms with van der Waals surface area (Å²) in [5, 5.41) is 11.8.